The summed E-state index contributed by atoms with van der Waals surface area (Å²) in [4.78, 5) is 3.45. The monoisotopic (exact) mass is 125 g/mol. The summed E-state index contributed by atoms with van der Waals surface area (Å²) in [5.74, 6) is 0.375. The molecule has 3 heteroatoms. The Morgan fingerprint density at radius 1 is 1.44 bits per heavy atom. The van der Waals surface area contributed by atoms with Crippen LogP contribution in [0.2, 0.25) is 0 Å². The van der Waals surface area contributed by atoms with E-state index in [1.165, 1.54) is 0 Å². The molecule has 50 valence electrons. The minimum atomic E-state index is 0.375. The van der Waals surface area contributed by atoms with Gasteiger partial charge in [-0.05, 0) is 25.8 Å². The molecule has 0 radical (unpaired) electrons. The smallest absolute Gasteiger partial charge is 0.122 e. The lowest BCUT2D eigenvalue weighted by atomic mass is 10.4. The van der Waals surface area contributed by atoms with Gasteiger partial charge in [-0.15, -0.1) is 0 Å². The summed E-state index contributed by atoms with van der Waals surface area (Å²) in [5.41, 5.74) is 11.2. The number of nitrogens with two attached hydrogens (primary N) is 2. The number of hydrogen-bond donors (Lipinski definition) is 2. The van der Waals surface area contributed by atoms with Crippen LogP contribution in [0.5, 0.6) is 0 Å². The number of rotatable bonds is 2. The van der Waals surface area contributed by atoms with Gasteiger partial charge in [-0.3, -0.25) is 0 Å². The van der Waals surface area contributed by atoms with Crippen molar-refractivity contribution in [1.82, 2.24) is 0 Å². The zero-order valence-corrected chi connectivity index (χ0v) is 5.46. The third-order valence-corrected chi connectivity index (χ3v) is 0.700. The summed E-state index contributed by atoms with van der Waals surface area (Å²) in [6.07, 6.45) is 3.27. The van der Waals surface area contributed by atoms with Crippen molar-refractivity contribution in [3.63, 3.8) is 0 Å². The van der Waals surface area contributed by atoms with Crippen LogP contribution in [-0.4, -0.2) is 6.72 Å². The molecule has 0 heterocycles. The highest BCUT2D eigenvalue weighted by atomic mass is 14.9. The van der Waals surface area contributed by atoms with Gasteiger partial charge < -0.3 is 11.5 Å². The molecular formula is C6H11N3. The predicted octanol–water partition coefficient (Wildman–Crippen LogP) is 0.350. The van der Waals surface area contributed by atoms with Gasteiger partial charge >= 0.3 is 0 Å². The summed E-state index contributed by atoms with van der Waals surface area (Å²) < 4.78 is 0. The molecular weight excluding hydrogens is 114 g/mol. The van der Waals surface area contributed by atoms with Crippen LogP contribution in [0.3, 0.4) is 0 Å². The van der Waals surface area contributed by atoms with Gasteiger partial charge in [-0.1, -0.05) is 0 Å². The molecule has 0 aliphatic heterocycles. The Labute approximate surface area is 54.8 Å². The van der Waals surface area contributed by atoms with Crippen LogP contribution >= 0.6 is 0 Å². The molecule has 0 aliphatic carbocycles. The summed E-state index contributed by atoms with van der Waals surface area (Å²) in [6, 6.07) is 0. The maximum absolute atomic E-state index is 5.29. The highest BCUT2D eigenvalue weighted by Gasteiger charge is 1.76. The van der Waals surface area contributed by atoms with E-state index in [0.717, 1.165) is 0 Å². The third-order valence-electron chi connectivity index (χ3n) is 0.700. The molecule has 0 spiro atoms. The number of nitrogens with zero attached hydrogens (tertiary/aromatic N) is 1. The number of hydrogen-bond acceptors (Lipinski definition) is 3. The van der Waals surface area contributed by atoms with E-state index in [-0.39, 0.29) is 0 Å². The Bertz CT molecular complexity index is 152. The molecule has 0 saturated heterocycles. The van der Waals surface area contributed by atoms with E-state index in [2.05, 4.69) is 11.7 Å². The fraction of sp³-hybridized carbons (Fsp3) is 0.167. The van der Waals surface area contributed by atoms with Crippen molar-refractivity contribution in [1.29, 1.82) is 0 Å². The second-order valence-corrected chi connectivity index (χ2v) is 1.66. The van der Waals surface area contributed by atoms with E-state index in [1.807, 2.05) is 0 Å². The molecule has 0 aromatic heterocycles. The van der Waals surface area contributed by atoms with Crippen molar-refractivity contribution in [3.05, 3.63) is 23.7 Å². The zero-order chi connectivity index (χ0) is 7.28. The first-order valence-corrected chi connectivity index (χ1v) is 2.53. The van der Waals surface area contributed by atoms with Crippen molar-refractivity contribution in [2.24, 2.45) is 16.5 Å². The molecule has 0 rings (SSSR count). The van der Waals surface area contributed by atoms with E-state index in [4.69, 9.17) is 11.5 Å². The van der Waals surface area contributed by atoms with Crippen LogP contribution in [0.15, 0.2) is 28.7 Å². The van der Waals surface area contributed by atoms with E-state index in [0.29, 0.717) is 11.5 Å². The van der Waals surface area contributed by atoms with Gasteiger partial charge in [0.05, 0.1) is 0 Å². The molecule has 3 nitrogen and oxygen atoms in total. The molecule has 0 saturated carbocycles. The molecule has 0 atom stereocenters. The zero-order valence-electron chi connectivity index (χ0n) is 5.46. The van der Waals surface area contributed by atoms with Crippen LogP contribution in [0.4, 0.5) is 0 Å². The Kier molecular flexibility index (Phi) is 3.20. The Morgan fingerprint density at radius 3 is 2.33 bits per heavy atom. The normalized spacial score (nSPS) is 13.4. The van der Waals surface area contributed by atoms with Gasteiger partial charge in [0.25, 0.3) is 0 Å². The third kappa shape index (κ3) is 4.61. The SMILES string of the molecule is C=N/C(N)=C\C=C(/C)N. The average molecular weight is 125 g/mol. The maximum atomic E-state index is 5.29. The largest absolute Gasteiger partial charge is 0.402 e. The summed E-state index contributed by atoms with van der Waals surface area (Å²) in [5, 5.41) is 0. The molecule has 0 fully saturated rings. The van der Waals surface area contributed by atoms with Crippen LogP contribution in [0.25, 0.3) is 0 Å². The lowest BCUT2D eigenvalue weighted by Gasteiger charge is -1.86. The molecule has 0 aliphatic rings. The Balaban J connectivity index is 3.98. The van der Waals surface area contributed by atoms with Crippen LogP contribution in [-0.2, 0) is 0 Å². The highest BCUT2D eigenvalue weighted by molar-refractivity contribution is 5.29. The molecule has 0 aromatic carbocycles. The topological polar surface area (TPSA) is 64.4 Å². The van der Waals surface area contributed by atoms with Crippen molar-refractivity contribution in [2.75, 3.05) is 0 Å². The van der Waals surface area contributed by atoms with E-state index >= 15 is 0 Å². The van der Waals surface area contributed by atoms with Crippen LogP contribution in [0.1, 0.15) is 6.92 Å². The highest BCUT2D eigenvalue weighted by Crippen LogP contribution is 1.86. The molecule has 0 unspecified atom stereocenters. The molecule has 4 N–H and O–H groups in total. The van der Waals surface area contributed by atoms with Crippen LogP contribution in [0, 0.1) is 0 Å². The number of aliphatic imine (C=N–C) groups is 1. The maximum Gasteiger partial charge on any atom is 0.122 e. The van der Waals surface area contributed by atoms with Crippen molar-refractivity contribution >= 4 is 6.72 Å². The van der Waals surface area contributed by atoms with E-state index in [9.17, 15) is 0 Å². The fourth-order valence-corrected chi connectivity index (χ4v) is 0.270. The van der Waals surface area contributed by atoms with Gasteiger partial charge in [-0.2, -0.15) is 0 Å². The first-order chi connectivity index (χ1) is 4.16. The van der Waals surface area contributed by atoms with Crippen LogP contribution < -0.4 is 11.5 Å². The second kappa shape index (κ2) is 3.72. The average Bonchev–Trinajstić information content (AvgIpc) is 1.83. The molecule has 0 amide bonds. The molecule has 0 aromatic rings. The first-order valence-electron chi connectivity index (χ1n) is 2.53. The minimum absolute atomic E-state index is 0.375. The van der Waals surface area contributed by atoms with Gasteiger partial charge in [0.2, 0.25) is 0 Å². The first kappa shape index (κ1) is 7.75. The van der Waals surface area contributed by atoms with E-state index < -0.39 is 0 Å². The van der Waals surface area contributed by atoms with Gasteiger partial charge in [0.15, 0.2) is 0 Å². The lowest BCUT2D eigenvalue weighted by Crippen LogP contribution is -1.93. The number of allylic oxidation sites excluding steroid dienone is 3. The summed E-state index contributed by atoms with van der Waals surface area (Å²) >= 11 is 0. The fourth-order valence-electron chi connectivity index (χ4n) is 0.270. The van der Waals surface area contributed by atoms with Crippen molar-refractivity contribution in [3.8, 4) is 0 Å². The minimum Gasteiger partial charge on any atom is -0.402 e. The van der Waals surface area contributed by atoms with Crippen molar-refractivity contribution in [2.45, 2.75) is 6.92 Å². The molecule has 0 bridgehead atoms. The van der Waals surface area contributed by atoms with Gasteiger partial charge in [0.1, 0.15) is 5.82 Å². The predicted molar refractivity (Wildman–Crippen MR) is 39.8 cm³/mol. The molecule has 9 heavy (non-hydrogen) atoms. The Morgan fingerprint density at radius 2 is 2.00 bits per heavy atom. The lowest BCUT2D eigenvalue weighted by molar-refractivity contribution is 1.24. The van der Waals surface area contributed by atoms with Gasteiger partial charge in [-0.25, -0.2) is 4.99 Å². The van der Waals surface area contributed by atoms with Crippen molar-refractivity contribution < 1.29 is 0 Å². The standard InChI is InChI=1S/C6H11N3/c1-5(7)3-4-6(8)9-2/h3-4H,2,7-8H2,1H3/b5-3+,6-4-. The second-order valence-electron chi connectivity index (χ2n) is 1.66. The Hall–Kier alpha value is -1.25. The summed E-state index contributed by atoms with van der Waals surface area (Å²) in [6.45, 7) is 5.00. The van der Waals surface area contributed by atoms with Gasteiger partial charge in [0, 0.05) is 5.70 Å². The summed E-state index contributed by atoms with van der Waals surface area (Å²) in [7, 11) is 0. The quantitative estimate of drug-likeness (QED) is 0.413. The van der Waals surface area contributed by atoms with E-state index in [1.54, 1.807) is 19.1 Å².